The molecular weight excluding hydrogens is 534 g/mol. The van der Waals surface area contributed by atoms with E-state index in [2.05, 4.69) is 23.0 Å². The van der Waals surface area contributed by atoms with Gasteiger partial charge < -0.3 is 30.0 Å². The first-order valence-electron chi connectivity index (χ1n) is 14.2. The second-order valence-electron chi connectivity index (χ2n) is 9.97. The molecule has 11 nitrogen and oxygen atoms in total. The summed E-state index contributed by atoms with van der Waals surface area (Å²) < 4.78 is 15.7. The molecule has 0 saturated heterocycles. The number of unbranched alkanes of at least 4 members (excludes halogenated alkanes) is 1. The topological polar surface area (TPSA) is 177 Å². The van der Waals surface area contributed by atoms with Crippen molar-refractivity contribution < 1.29 is 44.7 Å². The first-order chi connectivity index (χ1) is 18.8. The van der Waals surface area contributed by atoms with Gasteiger partial charge in [-0.2, -0.15) is 0 Å². The van der Waals surface area contributed by atoms with E-state index < -0.39 is 11.1 Å². The van der Waals surface area contributed by atoms with Crippen LogP contribution in [0, 0.1) is 16.0 Å². The number of carbonyl (C=O) groups excluding carboxylic acids is 2. The van der Waals surface area contributed by atoms with Crippen molar-refractivity contribution in [2.45, 2.75) is 104 Å². The third-order valence-electron chi connectivity index (χ3n) is 6.27. The first-order valence-corrected chi connectivity index (χ1v) is 14.2. The maximum atomic E-state index is 12.0. The zero-order valence-corrected chi connectivity index (χ0v) is 24.9. The molecule has 1 fully saturated rings. The van der Waals surface area contributed by atoms with Crippen molar-refractivity contribution >= 4 is 11.9 Å². The molecule has 1 aromatic rings. The number of benzene rings is 1. The molecule has 0 bridgehead atoms. The molecule has 0 amide bonds. The fourth-order valence-electron chi connectivity index (χ4n) is 4.35. The molecule has 1 aliphatic carbocycles. The smallest absolute Gasteiger partial charge is 0.332 e. The van der Waals surface area contributed by atoms with Crippen LogP contribution in [0.15, 0.2) is 42.5 Å². The van der Waals surface area contributed by atoms with E-state index in [0.29, 0.717) is 6.42 Å². The molecule has 0 aliphatic heterocycles. The van der Waals surface area contributed by atoms with Gasteiger partial charge in [-0.3, -0.25) is 4.79 Å². The lowest BCUT2D eigenvalue weighted by atomic mass is 9.96. The number of esters is 2. The molecule has 236 valence electrons. The summed E-state index contributed by atoms with van der Waals surface area (Å²) in [5.74, 6) is 0.230. The molecule has 11 heteroatoms. The maximum Gasteiger partial charge on any atom is 0.332 e. The van der Waals surface area contributed by atoms with E-state index in [4.69, 9.17) is 14.2 Å². The van der Waals surface area contributed by atoms with Crippen LogP contribution in [0.2, 0.25) is 0 Å². The van der Waals surface area contributed by atoms with Crippen LogP contribution in [0.1, 0.15) is 90.5 Å². The predicted octanol–water partition coefficient (Wildman–Crippen LogP) is 4.76. The van der Waals surface area contributed by atoms with Crippen molar-refractivity contribution in [1.82, 2.24) is 0 Å². The second-order valence-corrected chi connectivity index (χ2v) is 9.97. The highest BCUT2D eigenvalue weighted by molar-refractivity contribution is 5.71. The second kappa shape index (κ2) is 25.9. The third kappa shape index (κ3) is 23.4. The van der Waals surface area contributed by atoms with Gasteiger partial charge in [-0.25, -0.2) is 4.79 Å². The molecule has 0 radical (unpaired) electrons. The molecule has 1 saturated carbocycles. The van der Waals surface area contributed by atoms with E-state index in [1.54, 1.807) is 0 Å². The highest BCUT2D eigenvalue weighted by Crippen LogP contribution is 2.30. The van der Waals surface area contributed by atoms with Gasteiger partial charge >= 0.3 is 11.9 Å². The average Bonchev–Trinajstić information content (AvgIpc) is 3.42. The quantitative estimate of drug-likeness (QED) is 0.0778. The number of ether oxygens (including phenoxy) is 3. The maximum absolute atomic E-state index is 12.0. The number of rotatable bonds is 18. The number of carbonyl (C=O) groups is 2. The zero-order valence-electron chi connectivity index (χ0n) is 24.9. The van der Waals surface area contributed by atoms with Crippen LogP contribution in [-0.2, 0) is 35.1 Å². The Morgan fingerprint density at radius 3 is 2.32 bits per heavy atom. The number of hydrogen-bond acceptors (Lipinski definition) is 8. The number of nitrogens with zero attached hydrogens (tertiary/aromatic N) is 1. The minimum Gasteiger partial charge on any atom is -0.463 e. The van der Waals surface area contributed by atoms with Gasteiger partial charge in [0.05, 0.1) is 12.7 Å². The molecule has 0 heterocycles. The number of aryl methyl sites for hydroxylation is 1. The van der Waals surface area contributed by atoms with Crippen LogP contribution in [0.3, 0.4) is 0 Å². The SMILES string of the molecule is C/C=C\CCCC(=O)OC(C)C.O.O.O=C(COCCO[N+](=O)[O-])OC(CCc1ccccc1)CCC1CCCC1. The molecule has 1 aliphatic rings. The van der Waals surface area contributed by atoms with Crippen molar-refractivity contribution in [2.75, 3.05) is 19.8 Å². The standard InChI is InChI=1S/C20H29NO6.C10H18O2.2H2O/c22-20(16-25-14-15-26-21(23)24)27-19(13-11-18-8-4-5-9-18)12-10-17-6-2-1-3-7-17;1-4-5-6-7-8-10(11)12-9(2)3;;/h1-3,6-7,18-19H,4-5,8-16H2;4-5,9H,6-8H2,1-3H3;2*1H2/b;5-4-;;. The summed E-state index contributed by atoms with van der Waals surface area (Å²) in [6.45, 7) is 5.28. The Kier molecular flexibility index (Phi) is 25.4. The van der Waals surface area contributed by atoms with Crippen molar-refractivity contribution in [3.05, 3.63) is 58.2 Å². The van der Waals surface area contributed by atoms with E-state index in [1.165, 1.54) is 31.2 Å². The van der Waals surface area contributed by atoms with Crippen molar-refractivity contribution in [1.29, 1.82) is 0 Å². The number of allylic oxidation sites excluding steroid dienone is 2. The Labute approximate surface area is 244 Å². The summed E-state index contributed by atoms with van der Waals surface area (Å²) in [5.41, 5.74) is 1.23. The van der Waals surface area contributed by atoms with Crippen molar-refractivity contribution in [3.8, 4) is 0 Å². The van der Waals surface area contributed by atoms with Gasteiger partial charge in [0.2, 0.25) is 0 Å². The molecule has 1 atom stereocenters. The van der Waals surface area contributed by atoms with Crippen LogP contribution < -0.4 is 0 Å². The molecule has 4 N–H and O–H groups in total. The van der Waals surface area contributed by atoms with Crippen LogP contribution in [0.5, 0.6) is 0 Å². The van der Waals surface area contributed by atoms with E-state index in [1.807, 2.05) is 45.0 Å². The molecule has 0 spiro atoms. The van der Waals surface area contributed by atoms with Crippen LogP contribution in [0.25, 0.3) is 0 Å². The highest BCUT2D eigenvalue weighted by Gasteiger charge is 2.20. The highest BCUT2D eigenvalue weighted by atomic mass is 17.0. The molecule has 1 unspecified atom stereocenters. The molecule has 1 aromatic carbocycles. The van der Waals surface area contributed by atoms with Gasteiger partial charge in [0.25, 0.3) is 5.09 Å². The summed E-state index contributed by atoms with van der Waals surface area (Å²) in [4.78, 5) is 37.2. The average molecular weight is 586 g/mol. The summed E-state index contributed by atoms with van der Waals surface area (Å²) in [6.07, 6.45) is 15.1. The number of hydrogen-bond donors (Lipinski definition) is 0. The van der Waals surface area contributed by atoms with Crippen LogP contribution in [0.4, 0.5) is 0 Å². The Balaban J connectivity index is 0. The third-order valence-corrected chi connectivity index (χ3v) is 6.27. The van der Waals surface area contributed by atoms with E-state index in [-0.39, 0.29) is 49.0 Å². The van der Waals surface area contributed by atoms with E-state index in [9.17, 15) is 19.7 Å². The largest absolute Gasteiger partial charge is 0.463 e. The summed E-state index contributed by atoms with van der Waals surface area (Å²) in [5, 5.41) is 9.16. The molecule has 2 rings (SSSR count). The van der Waals surface area contributed by atoms with E-state index >= 15 is 0 Å². The van der Waals surface area contributed by atoms with Crippen LogP contribution in [-0.4, -0.2) is 60.0 Å². The minimum atomic E-state index is -0.885. The summed E-state index contributed by atoms with van der Waals surface area (Å²) in [7, 11) is 0. The predicted molar refractivity (Wildman–Crippen MR) is 157 cm³/mol. The lowest BCUT2D eigenvalue weighted by molar-refractivity contribution is -0.758. The Hall–Kier alpha value is -3.02. The normalized spacial score (nSPS) is 13.4. The minimum absolute atomic E-state index is 0. The Bertz CT molecular complexity index is 826. The zero-order chi connectivity index (χ0) is 28.7. The van der Waals surface area contributed by atoms with Crippen molar-refractivity contribution in [2.24, 2.45) is 5.92 Å². The van der Waals surface area contributed by atoms with Crippen LogP contribution >= 0.6 is 0 Å². The van der Waals surface area contributed by atoms with Crippen molar-refractivity contribution in [3.63, 3.8) is 0 Å². The van der Waals surface area contributed by atoms with Gasteiger partial charge in [-0.1, -0.05) is 68.2 Å². The Morgan fingerprint density at radius 1 is 1.02 bits per heavy atom. The van der Waals surface area contributed by atoms with Gasteiger partial charge in [-0.15, -0.1) is 10.1 Å². The van der Waals surface area contributed by atoms with Gasteiger partial charge in [0.15, 0.2) is 0 Å². The molecule has 41 heavy (non-hydrogen) atoms. The lowest BCUT2D eigenvalue weighted by Crippen LogP contribution is -2.24. The summed E-state index contributed by atoms with van der Waals surface area (Å²) in [6, 6.07) is 10.2. The summed E-state index contributed by atoms with van der Waals surface area (Å²) >= 11 is 0. The monoisotopic (exact) mass is 585 g/mol. The van der Waals surface area contributed by atoms with Gasteiger partial charge in [0.1, 0.15) is 19.3 Å². The fraction of sp³-hybridized carbons (Fsp3) is 0.667. The fourth-order valence-corrected chi connectivity index (χ4v) is 4.35. The lowest BCUT2D eigenvalue weighted by Gasteiger charge is -2.20. The van der Waals surface area contributed by atoms with Gasteiger partial charge in [-0.05, 0) is 70.8 Å². The molecular formula is C30H51NO10. The van der Waals surface area contributed by atoms with E-state index in [0.717, 1.165) is 44.4 Å². The first kappa shape index (κ1) is 40.1. The molecule has 0 aromatic heterocycles. The Morgan fingerprint density at radius 2 is 1.71 bits per heavy atom. The van der Waals surface area contributed by atoms with Gasteiger partial charge in [0, 0.05) is 6.42 Å².